The van der Waals surface area contributed by atoms with E-state index in [1.54, 1.807) is 0 Å². The zero-order chi connectivity index (χ0) is 13.4. The SMILES string of the molecule is CCCNC(C)c1nc2cc(Br)ccc2n1C1CC1. The molecular weight excluding hydrogens is 302 g/mol. The van der Waals surface area contributed by atoms with Crippen LogP contribution in [0.25, 0.3) is 11.0 Å². The summed E-state index contributed by atoms with van der Waals surface area (Å²) in [4.78, 5) is 4.86. The molecule has 0 amide bonds. The van der Waals surface area contributed by atoms with Crippen LogP contribution in [0.1, 0.15) is 51.0 Å². The van der Waals surface area contributed by atoms with Gasteiger partial charge in [0.1, 0.15) is 5.82 Å². The fourth-order valence-corrected chi connectivity index (χ4v) is 2.91. The van der Waals surface area contributed by atoms with Crippen LogP contribution in [0.15, 0.2) is 22.7 Å². The molecule has 0 radical (unpaired) electrons. The number of imidazole rings is 1. The first-order chi connectivity index (χ1) is 9.20. The molecule has 1 fully saturated rings. The molecule has 0 bridgehead atoms. The highest BCUT2D eigenvalue weighted by Crippen LogP contribution is 2.40. The lowest BCUT2D eigenvalue weighted by Gasteiger charge is -2.15. The Morgan fingerprint density at radius 3 is 2.95 bits per heavy atom. The molecule has 1 aliphatic carbocycles. The minimum absolute atomic E-state index is 0.312. The zero-order valence-electron chi connectivity index (χ0n) is 11.5. The van der Waals surface area contributed by atoms with Crippen molar-refractivity contribution in [2.75, 3.05) is 6.54 Å². The minimum Gasteiger partial charge on any atom is -0.324 e. The van der Waals surface area contributed by atoms with Gasteiger partial charge in [-0.05, 0) is 50.9 Å². The van der Waals surface area contributed by atoms with Crippen LogP contribution in [0.2, 0.25) is 0 Å². The summed E-state index contributed by atoms with van der Waals surface area (Å²) in [7, 11) is 0. The maximum absolute atomic E-state index is 4.86. The first kappa shape index (κ1) is 13.1. The minimum atomic E-state index is 0.312. The van der Waals surface area contributed by atoms with E-state index < -0.39 is 0 Å². The van der Waals surface area contributed by atoms with Crippen molar-refractivity contribution in [1.82, 2.24) is 14.9 Å². The Hall–Kier alpha value is -0.870. The average Bonchev–Trinajstić information content (AvgIpc) is 3.16. The lowest BCUT2D eigenvalue weighted by molar-refractivity contribution is 0.518. The number of rotatable bonds is 5. The Kier molecular flexibility index (Phi) is 3.63. The highest BCUT2D eigenvalue weighted by atomic mass is 79.9. The van der Waals surface area contributed by atoms with E-state index in [0.29, 0.717) is 12.1 Å². The second kappa shape index (κ2) is 5.25. The van der Waals surface area contributed by atoms with Crippen molar-refractivity contribution < 1.29 is 0 Å². The Labute approximate surface area is 122 Å². The van der Waals surface area contributed by atoms with Crippen molar-refractivity contribution in [3.63, 3.8) is 0 Å². The fraction of sp³-hybridized carbons (Fsp3) is 0.533. The van der Waals surface area contributed by atoms with Crippen molar-refractivity contribution in [1.29, 1.82) is 0 Å². The van der Waals surface area contributed by atoms with E-state index in [1.165, 1.54) is 24.2 Å². The van der Waals surface area contributed by atoms with E-state index >= 15 is 0 Å². The van der Waals surface area contributed by atoms with Gasteiger partial charge < -0.3 is 9.88 Å². The lowest BCUT2D eigenvalue weighted by Crippen LogP contribution is -2.22. The van der Waals surface area contributed by atoms with Gasteiger partial charge in [-0.1, -0.05) is 22.9 Å². The van der Waals surface area contributed by atoms with E-state index in [1.807, 2.05) is 0 Å². The second-order valence-corrected chi connectivity index (χ2v) is 6.30. The number of nitrogens with one attached hydrogen (secondary N) is 1. The van der Waals surface area contributed by atoms with Crippen LogP contribution in [0.4, 0.5) is 0 Å². The van der Waals surface area contributed by atoms with Gasteiger partial charge in [-0.15, -0.1) is 0 Å². The summed E-state index contributed by atoms with van der Waals surface area (Å²) in [5.41, 5.74) is 2.37. The summed E-state index contributed by atoms with van der Waals surface area (Å²) < 4.78 is 3.54. The Morgan fingerprint density at radius 1 is 1.47 bits per heavy atom. The summed E-state index contributed by atoms with van der Waals surface area (Å²) in [5, 5.41) is 3.55. The van der Waals surface area contributed by atoms with Crippen LogP contribution in [0.3, 0.4) is 0 Å². The monoisotopic (exact) mass is 321 g/mol. The number of hydrogen-bond acceptors (Lipinski definition) is 2. The number of nitrogens with zero attached hydrogens (tertiary/aromatic N) is 2. The van der Waals surface area contributed by atoms with E-state index in [9.17, 15) is 0 Å². The molecular formula is C15H20BrN3. The molecule has 1 aromatic heterocycles. The summed E-state index contributed by atoms with van der Waals surface area (Å²) in [5.74, 6) is 1.18. The molecule has 1 aliphatic rings. The largest absolute Gasteiger partial charge is 0.324 e. The Morgan fingerprint density at radius 2 is 2.26 bits per heavy atom. The smallest absolute Gasteiger partial charge is 0.127 e. The van der Waals surface area contributed by atoms with Gasteiger partial charge in [0.25, 0.3) is 0 Å². The third-order valence-electron chi connectivity index (χ3n) is 3.68. The number of fused-ring (bicyclic) bond motifs is 1. The molecule has 19 heavy (non-hydrogen) atoms. The molecule has 0 spiro atoms. The summed E-state index contributed by atoms with van der Waals surface area (Å²) in [6, 6.07) is 7.38. The predicted molar refractivity (Wildman–Crippen MR) is 82.4 cm³/mol. The van der Waals surface area contributed by atoms with Gasteiger partial charge in [0.2, 0.25) is 0 Å². The van der Waals surface area contributed by atoms with Crippen LogP contribution in [0.5, 0.6) is 0 Å². The molecule has 4 heteroatoms. The summed E-state index contributed by atoms with van der Waals surface area (Å²) in [6.07, 6.45) is 3.73. The molecule has 2 aromatic rings. The average molecular weight is 322 g/mol. The van der Waals surface area contributed by atoms with Crippen LogP contribution in [0, 0.1) is 0 Å². The van der Waals surface area contributed by atoms with Crippen molar-refractivity contribution in [3.05, 3.63) is 28.5 Å². The van der Waals surface area contributed by atoms with E-state index in [2.05, 4.69) is 57.9 Å². The van der Waals surface area contributed by atoms with Gasteiger partial charge in [0.15, 0.2) is 0 Å². The van der Waals surface area contributed by atoms with Crippen molar-refractivity contribution in [2.45, 2.75) is 45.2 Å². The number of aromatic nitrogens is 2. The standard InChI is InChI=1S/C15H20BrN3/c1-3-8-17-10(2)15-18-13-9-11(16)4-7-14(13)19(15)12-5-6-12/h4,7,9-10,12,17H,3,5-6,8H2,1-2H3. The molecule has 0 aliphatic heterocycles. The highest BCUT2D eigenvalue weighted by Gasteiger charge is 2.29. The third-order valence-corrected chi connectivity index (χ3v) is 4.17. The molecule has 1 saturated carbocycles. The maximum atomic E-state index is 4.86. The first-order valence-electron chi connectivity index (χ1n) is 7.11. The van der Waals surface area contributed by atoms with Crippen LogP contribution < -0.4 is 5.32 Å². The molecule has 1 N–H and O–H groups in total. The summed E-state index contributed by atoms with van der Waals surface area (Å²) >= 11 is 3.53. The molecule has 0 saturated heterocycles. The Balaban J connectivity index is 2.04. The van der Waals surface area contributed by atoms with Crippen molar-refractivity contribution >= 4 is 27.0 Å². The topological polar surface area (TPSA) is 29.9 Å². The van der Waals surface area contributed by atoms with Crippen LogP contribution in [-0.2, 0) is 0 Å². The van der Waals surface area contributed by atoms with Crippen molar-refractivity contribution in [2.24, 2.45) is 0 Å². The second-order valence-electron chi connectivity index (χ2n) is 5.38. The maximum Gasteiger partial charge on any atom is 0.127 e. The Bertz CT molecular complexity index is 586. The number of hydrogen-bond donors (Lipinski definition) is 1. The third kappa shape index (κ3) is 2.56. The van der Waals surface area contributed by atoms with Gasteiger partial charge in [0.05, 0.1) is 17.1 Å². The number of halogens is 1. The normalized spacial score (nSPS) is 17.0. The van der Waals surface area contributed by atoms with Gasteiger partial charge in [-0.3, -0.25) is 0 Å². The van der Waals surface area contributed by atoms with E-state index in [4.69, 9.17) is 4.98 Å². The molecule has 3 rings (SSSR count). The first-order valence-corrected chi connectivity index (χ1v) is 7.90. The molecule has 1 heterocycles. The summed E-state index contributed by atoms with van der Waals surface area (Å²) in [6.45, 7) is 5.45. The molecule has 1 unspecified atom stereocenters. The quantitative estimate of drug-likeness (QED) is 0.894. The van der Waals surface area contributed by atoms with Gasteiger partial charge in [-0.2, -0.15) is 0 Å². The molecule has 102 valence electrons. The fourth-order valence-electron chi connectivity index (χ4n) is 2.56. The van der Waals surface area contributed by atoms with E-state index in [-0.39, 0.29) is 0 Å². The van der Waals surface area contributed by atoms with Gasteiger partial charge in [-0.25, -0.2) is 4.98 Å². The van der Waals surface area contributed by atoms with Gasteiger partial charge >= 0.3 is 0 Å². The van der Waals surface area contributed by atoms with Crippen molar-refractivity contribution in [3.8, 4) is 0 Å². The van der Waals surface area contributed by atoms with Gasteiger partial charge in [0, 0.05) is 10.5 Å². The lowest BCUT2D eigenvalue weighted by atomic mass is 10.3. The highest BCUT2D eigenvalue weighted by molar-refractivity contribution is 9.10. The molecule has 3 nitrogen and oxygen atoms in total. The molecule has 1 aromatic carbocycles. The number of benzene rings is 1. The van der Waals surface area contributed by atoms with E-state index in [0.717, 1.165) is 23.0 Å². The zero-order valence-corrected chi connectivity index (χ0v) is 13.1. The predicted octanol–water partition coefficient (Wildman–Crippen LogP) is 4.19. The van der Waals surface area contributed by atoms with Crippen LogP contribution >= 0.6 is 15.9 Å². The van der Waals surface area contributed by atoms with Crippen LogP contribution in [-0.4, -0.2) is 16.1 Å². The molecule has 1 atom stereocenters.